The number of hydrogen-bond acceptors (Lipinski definition) is 5. The number of hydrogen-bond donors (Lipinski definition) is 0. The quantitative estimate of drug-likeness (QED) is 0.573. The van der Waals surface area contributed by atoms with Crippen molar-refractivity contribution in [3.63, 3.8) is 0 Å². The molecule has 0 saturated carbocycles. The lowest BCUT2D eigenvalue weighted by Crippen LogP contribution is -1.86. The zero-order chi connectivity index (χ0) is 10.8. The molecule has 5 nitrogen and oxygen atoms in total. The standard InChI is InChI=1S/C9H5N3O2S/c1-6-10-11-9(15-6)7-2-4-8(5-3-7)12(13)14/h1-5H. The minimum atomic E-state index is -0.446. The Labute approximate surface area is 89.6 Å². The van der Waals surface area contributed by atoms with Crippen LogP contribution in [-0.2, 0) is 0 Å². The van der Waals surface area contributed by atoms with Gasteiger partial charge in [0.1, 0.15) is 10.0 Å². The maximum absolute atomic E-state index is 10.4. The summed E-state index contributed by atoms with van der Waals surface area (Å²) in [6.45, 7) is 5.43. The topological polar surface area (TPSA) is 68.9 Å². The molecule has 15 heavy (non-hydrogen) atoms. The summed E-state index contributed by atoms with van der Waals surface area (Å²) >= 11 is 1.24. The van der Waals surface area contributed by atoms with Crippen LogP contribution in [0.2, 0.25) is 0 Å². The fourth-order valence-electron chi connectivity index (χ4n) is 1.08. The lowest BCUT2D eigenvalue weighted by Gasteiger charge is -1.94. The summed E-state index contributed by atoms with van der Waals surface area (Å²) in [4.78, 5) is 9.97. The van der Waals surface area contributed by atoms with Crippen LogP contribution in [0.3, 0.4) is 0 Å². The van der Waals surface area contributed by atoms with Crippen LogP contribution in [0, 0.1) is 17.0 Å². The van der Waals surface area contributed by atoms with Crippen molar-refractivity contribution < 1.29 is 4.92 Å². The summed E-state index contributed by atoms with van der Waals surface area (Å²) in [6, 6.07) is 6.09. The Kier molecular flexibility index (Phi) is 2.42. The predicted octanol–water partition coefficient (Wildman–Crippen LogP) is 2.17. The van der Waals surface area contributed by atoms with Gasteiger partial charge in [-0.2, -0.15) is 0 Å². The third-order valence-corrected chi connectivity index (χ3v) is 2.57. The number of nitro benzene ring substituents is 1. The summed E-state index contributed by atoms with van der Waals surface area (Å²) in [5.74, 6) is 0. The van der Waals surface area contributed by atoms with E-state index in [2.05, 4.69) is 10.2 Å². The second-order valence-corrected chi connectivity index (χ2v) is 3.76. The molecule has 2 rings (SSSR count). The number of non-ortho nitro benzene ring substituents is 1. The molecule has 0 saturated heterocycles. The number of nitrogens with zero attached hydrogens (tertiary/aromatic N) is 3. The van der Waals surface area contributed by atoms with E-state index in [0.29, 0.717) is 10.0 Å². The number of nitro groups is 1. The lowest BCUT2D eigenvalue weighted by atomic mass is 10.2. The van der Waals surface area contributed by atoms with Gasteiger partial charge in [0.15, 0.2) is 0 Å². The number of aromatic nitrogens is 2. The summed E-state index contributed by atoms with van der Waals surface area (Å²) in [5.41, 5.74) is 0.825. The Balaban J connectivity index is 2.35. The molecule has 0 unspecified atom stereocenters. The first kappa shape index (κ1) is 9.72. The van der Waals surface area contributed by atoms with E-state index in [1.807, 2.05) is 0 Å². The Bertz CT molecular complexity index is 492. The monoisotopic (exact) mass is 219 g/mol. The maximum Gasteiger partial charge on any atom is 0.269 e. The van der Waals surface area contributed by atoms with Crippen molar-refractivity contribution in [2.75, 3.05) is 0 Å². The van der Waals surface area contributed by atoms with Gasteiger partial charge >= 0.3 is 0 Å². The van der Waals surface area contributed by atoms with E-state index in [9.17, 15) is 10.1 Å². The molecule has 6 heteroatoms. The van der Waals surface area contributed by atoms with Gasteiger partial charge in [-0.1, -0.05) is 11.3 Å². The minimum Gasteiger partial charge on any atom is -0.258 e. The lowest BCUT2D eigenvalue weighted by molar-refractivity contribution is -0.384. The molecule has 2 radical (unpaired) electrons. The van der Waals surface area contributed by atoms with Crippen molar-refractivity contribution in [1.82, 2.24) is 10.2 Å². The van der Waals surface area contributed by atoms with E-state index in [1.54, 1.807) is 12.1 Å². The van der Waals surface area contributed by atoms with E-state index >= 15 is 0 Å². The summed E-state index contributed by atoms with van der Waals surface area (Å²) in [5, 5.41) is 18.9. The van der Waals surface area contributed by atoms with Gasteiger partial charge in [0.05, 0.1) is 4.92 Å². The predicted molar refractivity (Wildman–Crippen MR) is 55.4 cm³/mol. The second-order valence-electron chi connectivity index (χ2n) is 2.75. The smallest absolute Gasteiger partial charge is 0.258 e. The van der Waals surface area contributed by atoms with Gasteiger partial charge in [-0.25, -0.2) is 0 Å². The zero-order valence-corrected chi connectivity index (χ0v) is 8.27. The molecule has 1 heterocycles. The van der Waals surface area contributed by atoms with Gasteiger partial charge in [0, 0.05) is 24.6 Å². The molecule has 0 aliphatic rings. The van der Waals surface area contributed by atoms with Gasteiger partial charge in [-0.3, -0.25) is 10.1 Å². The highest BCUT2D eigenvalue weighted by molar-refractivity contribution is 7.14. The fourth-order valence-corrected chi connectivity index (χ4v) is 1.69. The van der Waals surface area contributed by atoms with Crippen molar-refractivity contribution in [3.8, 4) is 10.6 Å². The van der Waals surface area contributed by atoms with Gasteiger partial charge in [0.25, 0.3) is 5.69 Å². The molecule has 0 atom stereocenters. The van der Waals surface area contributed by atoms with Gasteiger partial charge in [0.2, 0.25) is 0 Å². The van der Waals surface area contributed by atoms with Crippen LogP contribution >= 0.6 is 11.3 Å². The normalized spacial score (nSPS) is 10.2. The van der Waals surface area contributed by atoms with Crippen LogP contribution in [0.15, 0.2) is 24.3 Å². The average molecular weight is 219 g/mol. The van der Waals surface area contributed by atoms with Crippen molar-refractivity contribution in [3.05, 3.63) is 46.3 Å². The first-order valence-corrected chi connectivity index (χ1v) is 4.82. The highest BCUT2D eigenvalue weighted by Crippen LogP contribution is 2.24. The Morgan fingerprint density at radius 3 is 2.40 bits per heavy atom. The molecule has 1 aromatic carbocycles. The molecule has 2 aromatic rings. The molecule has 0 fully saturated rings. The largest absolute Gasteiger partial charge is 0.269 e. The molecule has 0 aliphatic carbocycles. The molecule has 0 aliphatic heterocycles. The summed E-state index contributed by atoms with van der Waals surface area (Å²) in [7, 11) is 0. The molecular weight excluding hydrogens is 214 g/mol. The first-order valence-electron chi connectivity index (χ1n) is 4.00. The summed E-state index contributed by atoms with van der Waals surface area (Å²) < 4.78 is 0. The van der Waals surface area contributed by atoms with Gasteiger partial charge < -0.3 is 0 Å². The molecule has 1 aromatic heterocycles. The molecule has 0 bridgehead atoms. The van der Waals surface area contributed by atoms with Crippen LogP contribution < -0.4 is 0 Å². The average Bonchev–Trinajstić information content (AvgIpc) is 2.65. The van der Waals surface area contributed by atoms with E-state index in [-0.39, 0.29) is 5.69 Å². The van der Waals surface area contributed by atoms with Gasteiger partial charge in [-0.05, 0) is 12.1 Å². The van der Waals surface area contributed by atoms with Crippen LogP contribution in [-0.4, -0.2) is 15.1 Å². The zero-order valence-electron chi connectivity index (χ0n) is 7.45. The molecule has 0 spiro atoms. The van der Waals surface area contributed by atoms with Crippen molar-refractivity contribution in [2.45, 2.75) is 0 Å². The molecule has 0 amide bonds. The van der Waals surface area contributed by atoms with E-state index < -0.39 is 4.92 Å². The SMILES string of the molecule is [CH]c1nnc(-c2ccc([N+](=O)[O-])cc2)s1. The van der Waals surface area contributed by atoms with Crippen molar-refractivity contribution in [1.29, 1.82) is 0 Å². The third-order valence-electron chi connectivity index (χ3n) is 1.77. The van der Waals surface area contributed by atoms with E-state index in [0.717, 1.165) is 5.56 Å². The number of rotatable bonds is 2. The molecular formula is C9H5N3O2S. The third kappa shape index (κ3) is 1.99. The van der Waals surface area contributed by atoms with Crippen molar-refractivity contribution in [2.24, 2.45) is 0 Å². The second kappa shape index (κ2) is 3.74. The Hall–Kier alpha value is -1.82. The Morgan fingerprint density at radius 1 is 1.27 bits per heavy atom. The summed E-state index contributed by atoms with van der Waals surface area (Å²) in [6.07, 6.45) is 0. The van der Waals surface area contributed by atoms with Crippen LogP contribution in [0.25, 0.3) is 10.6 Å². The van der Waals surface area contributed by atoms with Crippen LogP contribution in [0.5, 0.6) is 0 Å². The Morgan fingerprint density at radius 2 is 1.93 bits per heavy atom. The maximum atomic E-state index is 10.4. The van der Waals surface area contributed by atoms with Crippen molar-refractivity contribution >= 4 is 17.0 Å². The molecule has 74 valence electrons. The highest BCUT2D eigenvalue weighted by Gasteiger charge is 2.07. The van der Waals surface area contributed by atoms with Crippen LogP contribution in [0.1, 0.15) is 5.01 Å². The van der Waals surface area contributed by atoms with E-state index in [4.69, 9.17) is 6.92 Å². The highest BCUT2D eigenvalue weighted by atomic mass is 32.1. The first-order chi connectivity index (χ1) is 7.16. The fraction of sp³-hybridized carbons (Fsp3) is 0. The van der Waals surface area contributed by atoms with Crippen LogP contribution in [0.4, 0.5) is 5.69 Å². The molecule has 0 N–H and O–H groups in total. The number of benzene rings is 1. The van der Waals surface area contributed by atoms with Gasteiger partial charge in [-0.15, -0.1) is 10.2 Å². The van der Waals surface area contributed by atoms with E-state index in [1.165, 1.54) is 23.5 Å². The minimum absolute atomic E-state index is 0.0521.